The molecule has 4 nitrogen and oxygen atoms in total. The van der Waals surface area contributed by atoms with Gasteiger partial charge in [-0.2, -0.15) is 0 Å². The van der Waals surface area contributed by atoms with E-state index >= 15 is 0 Å². The summed E-state index contributed by atoms with van der Waals surface area (Å²) in [6.07, 6.45) is 1.90. The molecule has 1 aromatic heterocycles. The van der Waals surface area contributed by atoms with Crippen molar-refractivity contribution in [1.82, 2.24) is 14.4 Å². The predicted molar refractivity (Wildman–Crippen MR) is 88.6 cm³/mol. The molecule has 0 saturated carbocycles. The predicted octanol–water partition coefficient (Wildman–Crippen LogP) is 1.84. The molecule has 1 aromatic carbocycles. The minimum Gasteiger partial charge on any atom is -0.318 e. The lowest BCUT2D eigenvalue weighted by molar-refractivity contribution is 0.122. The number of halogens is 1. The fourth-order valence-electron chi connectivity index (χ4n) is 3.00. The summed E-state index contributed by atoms with van der Waals surface area (Å²) in [6, 6.07) is 10.4. The van der Waals surface area contributed by atoms with E-state index in [1.165, 1.54) is 6.07 Å². The minimum atomic E-state index is -0.171. The van der Waals surface area contributed by atoms with Crippen LogP contribution < -0.4 is 5.56 Å². The van der Waals surface area contributed by atoms with E-state index in [-0.39, 0.29) is 11.4 Å². The minimum absolute atomic E-state index is 0.0219. The molecule has 2 heterocycles. The van der Waals surface area contributed by atoms with Crippen LogP contribution in [0.2, 0.25) is 0 Å². The maximum atomic E-state index is 13.2. The Hall–Kier alpha value is -1.98. The standard InChI is InChI=1S/C18H22FN3O/c1-20-12-16(5-6-18(20)23)14-22-9-7-21(8-10-22)13-15-3-2-4-17(19)11-15/h2-6,11-12H,7-10,13-14H2,1H3. The Morgan fingerprint density at radius 1 is 0.957 bits per heavy atom. The van der Waals surface area contributed by atoms with Crippen LogP contribution >= 0.6 is 0 Å². The van der Waals surface area contributed by atoms with Crippen LogP contribution in [0.5, 0.6) is 0 Å². The van der Waals surface area contributed by atoms with Gasteiger partial charge in [0, 0.05) is 58.6 Å². The van der Waals surface area contributed by atoms with E-state index in [1.807, 2.05) is 18.3 Å². The van der Waals surface area contributed by atoms with Crippen molar-refractivity contribution < 1.29 is 4.39 Å². The molecule has 0 N–H and O–H groups in total. The van der Waals surface area contributed by atoms with Crippen molar-refractivity contribution in [2.24, 2.45) is 7.05 Å². The number of pyridine rings is 1. The molecule has 122 valence electrons. The van der Waals surface area contributed by atoms with Gasteiger partial charge in [-0.05, 0) is 23.3 Å². The molecule has 0 spiro atoms. The third-order valence-electron chi connectivity index (χ3n) is 4.31. The first-order valence-electron chi connectivity index (χ1n) is 7.95. The topological polar surface area (TPSA) is 28.5 Å². The second kappa shape index (κ2) is 7.06. The summed E-state index contributed by atoms with van der Waals surface area (Å²) in [4.78, 5) is 16.2. The molecule has 0 radical (unpaired) electrons. The molecule has 1 aliphatic heterocycles. The van der Waals surface area contributed by atoms with Crippen molar-refractivity contribution >= 4 is 0 Å². The van der Waals surface area contributed by atoms with Gasteiger partial charge in [-0.25, -0.2) is 4.39 Å². The summed E-state index contributed by atoms with van der Waals surface area (Å²) >= 11 is 0. The molecule has 0 bridgehead atoms. The van der Waals surface area contributed by atoms with E-state index in [0.717, 1.165) is 50.4 Å². The highest BCUT2D eigenvalue weighted by atomic mass is 19.1. The van der Waals surface area contributed by atoms with Crippen LogP contribution in [-0.4, -0.2) is 40.5 Å². The Morgan fingerprint density at radius 2 is 1.61 bits per heavy atom. The van der Waals surface area contributed by atoms with Gasteiger partial charge in [0.2, 0.25) is 5.56 Å². The van der Waals surface area contributed by atoms with Crippen molar-refractivity contribution in [1.29, 1.82) is 0 Å². The number of hydrogen-bond acceptors (Lipinski definition) is 3. The molecule has 0 atom stereocenters. The van der Waals surface area contributed by atoms with Crippen LogP contribution in [0.3, 0.4) is 0 Å². The summed E-state index contributed by atoms with van der Waals surface area (Å²) in [7, 11) is 1.78. The number of piperazine rings is 1. The fourth-order valence-corrected chi connectivity index (χ4v) is 3.00. The highest BCUT2D eigenvalue weighted by Crippen LogP contribution is 2.12. The van der Waals surface area contributed by atoms with E-state index in [2.05, 4.69) is 9.80 Å². The van der Waals surface area contributed by atoms with Crippen LogP contribution in [0, 0.1) is 5.82 Å². The number of hydrogen-bond donors (Lipinski definition) is 0. The molecular weight excluding hydrogens is 293 g/mol. The fraction of sp³-hybridized carbons (Fsp3) is 0.389. The van der Waals surface area contributed by atoms with E-state index in [1.54, 1.807) is 29.8 Å². The highest BCUT2D eigenvalue weighted by molar-refractivity contribution is 5.16. The molecule has 0 amide bonds. The van der Waals surface area contributed by atoms with Gasteiger partial charge in [0.05, 0.1) is 0 Å². The smallest absolute Gasteiger partial charge is 0.250 e. The summed E-state index contributed by atoms with van der Waals surface area (Å²) in [5, 5.41) is 0. The zero-order valence-corrected chi connectivity index (χ0v) is 13.4. The third-order valence-corrected chi connectivity index (χ3v) is 4.31. The van der Waals surface area contributed by atoms with E-state index in [9.17, 15) is 9.18 Å². The number of nitrogens with zero attached hydrogens (tertiary/aromatic N) is 3. The lowest BCUT2D eigenvalue weighted by Crippen LogP contribution is -2.45. The first kappa shape index (κ1) is 15.9. The molecule has 23 heavy (non-hydrogen) atoms. The second-order valence-corrected chi connectivity index (χ2v) is 6.17. The number of rotatable bonds is 4. The van der Waals surface area contributed by atoms with Gasteiger partial charge in [0.25, 0.3) is 0 Å². The number of aromatic nitrogens is 1. The van der Waals surface area contributed by atoms with Gasteiger partial charge >= 0.3 is 0 Å². The maximum Gasteiger partial charge on any atom is 0.250 e. The molecule has 2 aromatic rings. The van der Waals surface area contributed by atoms with Gasteiger partial charge in [0.1, 0.15) is 5.82 Å². The zero-order chi connectivity index (χ0) is 16.2. The molecule has 0 unspecified atom stereocenters. The average molecular weight is 315 g/mol. The van der Waals surface area contributed by atoms with E-state index in [0.29, 0.717) is 0 Å². The molecule has 3 rings (SSSR count). The number of benzene rings is 1. The molecule has 1 saturated heterocycles. The summed E-state index contributed by atoms with van der Waals surface area (Å²) < 4.78 is 14.9. The summed E-state index contributed by atoms with van der Waals surface area (Å²) in [5.74, 6) is -0.171. The van der Waals surface area contributed by atoms with E-state index < -0.39 is 0 Å². The van der Waals surface area contributed by atoms with Crippen LogP contribution in [0.25, 0.3) is 0 Å². The van der Waals surface area contributed by atoms with Gasteiger partial charge < -0.3 is 4.57 Å². The van der Waals surface area contributed by atoms with Gasteiger partial charge in [0.15, 0.2) is 0 Å². The van der Waals surface area contributed by atoms with Crippen LogP contribution in [0.15, 0.2) is 47.4 Å². The Bertz CT molecular complexity index is 720. The van der Waals surface area contributed by atoms with Crippen molar-refractivity contribution in [3.05, 3.63) is 69.9 Å². The number of aryl methyl sites for hydroxylation is 1. The van der Waals surface area contributed by atoms with Crippen LogP contribution in [0.1, 0.15) is 11.1 Å². The maximum absolute atomic E-state index is 13.2. The Balaban J connectivity index is 1.52. The Morgan fingerprint density at radius 3 is 2.22 bits per heavy atom. The molecule has 1 fully saturated rings. The van der Waals surface area contributed by atoms with E-state index in [4.69, 9.17) is 0 Å². The van der Waals surface area contributed by atoms with Crippen LogP contribution in [0.4, 0.5) is 4.39 Å². The first-order valence-corrected chi connectivity index (χ1v) is 7.95. The summed E-state index contributed by atoms with van der Waals surface area (Å²) in [6.45, 7) is 5.58. The molecule has 1 aliphatic rings. The zero-order valence-electron chi connectivity index (χ0n) is 13.4. The molecule has 0 aliphatic carbocycles. The molecule has 5 heteroatoms. The van der Waals surface area contributed by atoms with Crippen molar-refractivity contribution in [3.63, 3.8) is 0 Å². The van der Waals surface area contributed by atoms with Crippen molar-refractivity contribution in [2.75, 3.05) is 26.2 Å². The van der Waals surface area contributed by atoms with Crippen molar-refractivity contribution in [2.45, 2.75) is 13.1 Å². The Kier molecular flexibility index (Phi) is 4.88. The van der Waals surface area contributed by atoms with Crippen molar-refractivity contribution in [3.8, 4) is 0 Å². The SMILES string of the molecule is Cn1cc(CN2CCN(Cc3cccc(F)c3)CC2)ccc1=O. The normalized spacial score (nSPS) is 16.6. The van der Waals surface area contributed by atoms with Gasteiger partial charge in [-0.15, -0.1) is 0 Å². The monoisotopic (exact) mass is 315 g/mol. The first-order chi connectivity index (χ1) is 11.1. The quantitative estimate of drug-likeness (QED) is 0.862. The van der Waals surface area contributed by atoms with Crippen LogP contribution in [-0.2, 0) is 20.1 Å². The lowest BCUT2D eigenvalue weighted by atomic mass is 10.2. The highest BCUT2D eigenvalue weighted by Gasteiger charge is 2.17. The summed E-state index contributed by atoms with van der Waals surface area (Å²) in [5.41, 5.74) is 2.20. The van der Waals surface area contributed by atoms with Gasteiger partial charge in [-0.3, -0.25) is 14.6 Å². The lowest BCUT2D eigenvalue weighted by Gasteiger charge is -2.34. The third kappa shape index (κ3) is 4.27. The Labute approximate surface area is 135 Å². The largest absolute Gasteiger partial charge is 0.318 e. The second-order valence-electron chi connectivity index (χ2n) is 6.17. The average Bonchev–Trinajstić information content (AvgIpc) is 2.53. The van der Waals surface area contributed by atoms with Gasteiger partial charge in [-0.1, -0.05) is 18.2 Å². The molecular formula is C18H22FN3O.